The van der Waals surface area contributed by atoms with Gasteiger partial charge in [0.15, 0.2) is 0 Å². The van der Waals surface area contributed by atoms with Crippen LogP contribution < -0.4 is 5.32 Å². The Bertz CT molecular complexity index is 378. The third-order valence-electron chi connectivity index (χ3n) is 3.01. The lowest BCUT2D eigenvalue weighted by Gasteiger charge is -2.40. The second-order valence-corrected chi connectivity index (χ2v) is 5.53. The summed E-state index contributed by atoms with van der Waals surface area (Å²) in [6.45, 7) is -0.295. The van der Waals surface area contributed by atoms with Crippen molar-refractivity contribution >= 4 is 11.8 Å². The van der Waals surface area contributed by atoms with Crippen molar-refractivity contribution < 1.29 is 20.4 Å². The minimum atomic E-state index is -1.15. The van der Waals surface area contributed by atoms with E-state index in [0.717, 1.165) is 4.90 Å². The number of rotatable bonds is 3. The summed E-state index contributed by atoms with van der Waals surface area (Å²) in [7, 11) is 0. The van der Waals surface area contributed by atoms with E-state index < -0.39 is 29.7 Å². The zero-order chi connectivity index (χ0) is 13.1. The maximum Gasteiger partial charge on any atom is 0.132 e. The average Bonchev–Trinajstić information content (AvgIpc) is 2.40. The van der Waals surface area contributed by atoms with E-state index in [9.17, 15) is 15.3 Å². The Morgan fingerprint density at radius 1 is 1.06 bits per heavy atom. The zero-order valence-electron chi connectivity index (χ0n) is 9.68. The van der Waals surface area contributed by atoms with E-state index in [-0.39, 0.29) is 6.61 Å². The molecule has 1 fully saturated rings. The first kappa shape index (κ1) is 13.8. The highest BCUT2D eigenvalue weighted by molar-refractivity contribution is 8.00. The molecule has 2 rings (SSSR count). The van der Waals surface area contributed by atoms with E-state index >= 15 is 0 Å². The Hall–Kier alpha value is -0.630. The molecule has 0 amide bonds. The van der Waals surface area contributed by atoms with Gasteiger partial charge < -0.3 is 20.4 Å². The van der Waals surface area contributed by atoms with Gasteiger partial charge in [0.25, 0.3) is 0 Å². The van der Waals surface area contributed by atoms with Crippen molar-refractivity contribution in [3.05, 3.63) is 30.3 Å². The molecule has 1 aliphatic heterocycles. The summed E-state index contributed by atoms with van der Waals surface area (Å²) >= 11 is 1.29. The van der Waals surface area contributed by atoms with Gasteiger partial charge in [0, 0.05) is 4.90 Å². The van der Waals surface area contributed by atoms with Crippen LogP contribution in [0.2, 0.25) is 0 Å². The Labute approximate surface area is 109 Å². The monoisotopic (exact) mass is 271 g/mol. The van der Waals surface area contributed by atoms with E-state index in [0.29, 0.717) is 0 Å². The number of hydrogen-bond donors (Lipinski definition) is 5. The Morgan fingerprint density at radius 3 is 2.33 bits per heavy atom. The van der Waals surface area contributed by atoms with Crippen LogP contribution in [0.5, 0.6) is 0 Å². The highest BCUT2D eigenvalue weighted by Crippen LogP contribution is 2.31. The second-order valence-electron chi connectivity index (χ2n) is 4.28. The molecule has 6 heteroatoms. The fourth-order valence-corrected chi connectivity index (χ4v) is 3.23. The molecule has 1 aliphatic rings. The van der Waals surface area contributed by atoms with Crippen LogP contribution in [0.3, 0.4) is 0 Å². The lowest BCUT2D eigenvalue weighted by Crippen LogP contribution is -2.64. The van der Waals surface area contributed by atoms with Crippen LogP contribution in [0.1, 0.15) is 0 Å². The number of thioether (sulfide) groups is 1. The number of hydrogen-bond acceptors (Lipinski definition) is 6. The van der Waals surface area contributed by atoms with E-state index in [4.69, 9.17) is 5.11 Å². The van der Waals surface area contributed by atoms with Gasteiger partial charge in [0.05, 0.1) is 24.0 Å². The maximum atomic E-state index is 10.1. The van der Waals surface area contributed by atoms with Crippen LogP contribution in [0.4, 0.5) is 0 Å². The SMILES string of the molecule is OC[C@H]1NC(O)[C@@H](O)[C@H](Sc2ccccc2)[C@@H]1O. The predicted molar refractivity (Wildman–Crippen MR) is 68.1 cm³/mol. The van der Waals surface area contributed by atoms with Crippen LogP contribution in [0.15, 0.2) is 35.2 Å². The van der Waals surface area contributed by atoms with Crippen LogP contribution >= 0.6 is 11.8 Å². The molecule has 0 saturated carbocycles. The highest BCUT2D eigenvalue weighted by atomic mass is 32.2. The van der Waals surface area contributed by atoms with Crippen molar-refractivity contribution in [2.45, 2.75) is 34.6 Å². The van der Waals surface area contributed by atoms with Crippen molar-refractivity contribution in [1.29, 1.82) is 0 Å². The van der Waals surface area contributed by atoms with Gasteiger partial charge in [0.1, 0.15) is 12.3 Å². The summed E-state index contributed by atoms with van der Waals surface area (Å²) in [5.74, 6) is 0. The van der Waals surface area contributed by atoms with E-state index in [1.165, 1.54) is 11.8 Å². The minimum Gasteiger partial charge on any atom is -0.395 e. The molecule has 1 aromatic rings. The lowest BCUT2D eigenvalue weighted by molar-refractivity contribution is -0.0819. The number of aliphatic hydroxyl groups is 4. The summed E-state index contributed by atoms with van der Waals surface area (Å²) in [6.07, 6.45) is -3.17. The average molecular weight is 271 g/mol. The largest absolute Gasteiger partial charge is 0.395 e. The van der Waals surface area contributed by atoms with Gasteiger partial charge in [-0.1, -0.05) is 18.2 Å². The molecule has 1 unspecified atom stereocenters. The molecule has 1 aromatic carbocycles. The minimum absolute atomic E-state index is 0.295. The normalized spacial score (nSPS) is 36.6. The molecule has 100 valence electrons. The van der Waals surface area contributed by atoms with Crippen molar-refractivity contribution in [2.75, 3.05) is 6.61 Å². The standard InChI is InChI=1S/C12H17NO4S/c14-6-8-9(15)11(10(16)12(17)13-8)18-7-4-2-1-3-5-7/h1-5,8-17H,6H2/t8-,9-,10+,11-,12?/m1/s1. The molecule has 0 bridgehead atoms. The smallest absolute Gasteiger partial charge is 0.132 e. The highest BCUT2D eigenvalue weighted by Gasteiger charge is 2.42. The Morgan fingerprint density at radius 2 is 1.72 bits per heavy atom. The van der Waals surface area contributed by atoms with Crippen LogP contribution in [0.25, 0.3) is 0 Å². The first-order valence-electron chi connectivity index (χ1n) is 5.76. The van der Waals surface area contributed by atoms with Crippen LogP contribution in [-0.4, -0.2) is 56.8 Å². The number of benzene rings is 1. The summed E-state index contributed by atoms with van der Waals surface area (Å²) in [5, 5.41) is 40.7. The molecule has 5 nitrogen and oxygen atoms in total. The lowest BCUT2D eigenvalue weighted by atomic mass is 9.98. The van der Waals surface area contributed by atoms with Crippen molar-refractivity contribution in [1.82, 2.24) is 5.32 Å². The second kappa shape index (κ2) is 6.01. The van der Waals surface area contributed by atoms with Gasteiger partial charge in [0.2, 0.25) is 0 Å². The number of piperidine rings is 1. The molecule has 5 N–H and O–H groups in total. The third kappa shape index (κ3) is 2.85. The van der Waals surface area contributed by atoms with Gasteiger partial charge in [-0.3, -0.25) is 5.32 Å². The zero-order valence-corrected chi connectivity index (χ0v) is 10.5. The maximum absolute atomic E-state index is 10.1. The van der Waals surface area contributed by atoms with Crippen molar-refractivity contribution in [3.8, 4) is 0 Å². The molecule has 5 atom stereocenters. The van der Waals surface area contributed by atoms with Gasteiger partial charge in [-0.15, -0.1) is 11.8 Å². The first-order valence-corrected chi connectivity index (χ1v) is 6.64. The Kier molecular flexibility index (Phi) is 4.60. The van der Waals surface area contributed by atoms with Gasteiger partial charge in [-0.05, 0) is 12.1 Å². The molecule has 0 radical (unpaired) electrons. The summed E-state index contributed by atoms with van der Waals surface area (Å²) in [4.78, 5) is 0.895. The molecule has 0 aliphatic carbocycles. The summed E-state index contributed by atoms with van der Waals surface area (Å²) in [5.41, 5.74) is 0. The predicted octanol–water partition coefficient (Wildman–Crippen LogP) is -0.848. The van der Waals surface area contributed by atoms with Crippen molar-refractivity contribution in [3.63, 3.8) is 0 Å². The molecule has 0 aromatic heterocycles. The fourth-order valence-electron chi connectivity index (χ4n) is 1.98. The molecule has 1 saturated heterocycles. The van der Waals surface area contributed by atoms with Gasteiger partial charge in [-0.2, -0.15) is 0 Å². The van der Waals surface area contributed by atoms with E-state index in [2.05, 4.69) is 5.32 Å². The Balaban J connectivity index is 2.13. The van der Waals surface area contributed by atoms with Crippen molar-refractivity contribution in [2.24, 2.45) is 0 Å². The molecular weight excluding hydrogens is 254 g/mol. The van der Waals surface area contributed by atoms with Gasteiger partial charge in [-0.25, -0.2) is 0 Å². The van der Waals surface area contributed by atoms with E-state index in [1.54, 1.807) is 0 Å². The summed E-state index contributed by atoms with van der Waals surface area (Å²) < 4.78 is 0. The molecular formula is C12H17NO4S. The topological polar surface area (TPSA) is 93.0 Å². The fraction of sp³-hybridized carbons (Fsp3) is 0.500. The third-order valence-corrected chi connectivity index (χ3v) is 4.38. The number of aliphatic hydroxyl groups excluding tert-OH is 4. The molecule has 18 heavy (non-hydrogen) atoms. The van der Waals surface area contributed by atoms with E-state index in [1.807, 2.05) is 30.3 Å². The molecule has 1 heterocycles. The summed E-state index contributed by atoms with van der Waals surface area (Å²) in [6, 6.07) is 8.71. The quantitative estimate of drug-likeness (QED) is 0.492. The van der Waals surface area contributed by atoms with Crippen LogP contribution in [-0.2, 0) is 0 Å². The number of nitrogens with one attached hydrogen (secondary N) is 1. The molecule has 0 spiro atoms. The first-order chi connectivity index (χ1) is 8.63. The van der Waals surface area contributed by atoms with Crippen LogP contribution in [0, 0.1) is 0 Å². The van der Waals surface area contributed by atoms with Gasteiger partial charge >= 0.3 is 0 Å².